The summed E-state index contributed by atoms with van der Waals surface area (Å²) in [6.45, 7) is 0. The van der Waals surface area contributed by atoms with E-state index in [4.69, 9.17) is 14.4 Å². The SMILES string of the molecule is c1ccc([Si](c2ccccc2)(c2ccccc2)c2ccc(C3(c4cccc5c4oc4ccccc45)c4cccnc4-c4ncccc43)cc2)cc1. The van der Waals surface area contributed by atoms with E-state index in [2.05, 4.69) is 164 Å². The van der Waals surface area contributed by atoms with Crippen LogP contribution in [-0.4, -0.2) is 18.0 Å². The van der Waals surface area contributed by atoms with E-state index in [1.165, 1.54) is 20.7 Å². The minimum atomic E-state index is -2.72. The van der Waals surface area contributed by atoms with Crippen LogP contribution in [0.25, 0.3) is 33.3 Å². The second kappa shape index (κ2) is 11.6. The third kappa shape index (κ3) is 4.17. The van der Waals surface area contributed by atoms with E-state index >= 15 is 0 Å². The number of hydrogen-bond donors (Lipinski definition) is 0. The van der Waals surface area contributed by atoms with Crippen molar-refractivity contribution in [3.05, 3.63) is 217 Å². The van der Waals surface area contributed by atoms with Gasteiger partial charge < -0.3 is 4.42 Å². The molecule has 0 unspecified atom stereocenters. The van der Waals surface area contributed by atoms with Gasteiger partial charge >= 0.3 is 0 Å². The van der Waals surface area contributed by atoms with E-state index in [1.54, 1.807) is 0 Å². The fourth-order valence-electron chi connectivity index (χ4n) is 8.77. The van der Waals surface area contributed by atoms with Gasteiger partial charge in [0.05, 0.1) is 16.8 Å². The summed E-state index contributed by atoms with van der Waals surface area (Å²) in [6, 6.07) is 66.1. The Morgan fingerprint density at radius 3 is 1.43 bits per heavy atom. The van der Waals surface area contributed by atoms with E-state index in [0.717, 1.165) is 55.6 Å². The summed E-state index contributed by atoms with van der Waals surface area (Å²) in [5.41, 5.74) is 7.32. The molecule has 3 aromatic heterocycles. The predicted molar refractivity (Wildman–Crippen MR) is 210 cm³/mol. The van der Waals surface area contributed by atoms with Gasteiger partial charge in [-0.1, -0.05) is 164 Å². The normalized spacial score (nSPS) is 13.3. The number of aromatic nitrogens is 2. The molecule has 0 amide bonds. The van der Waals surface area contributed by atoms with Crippen molar-refractivity contribution >= 4 is 50.8 Å². The Morgan fingerprint density at radius 2 is 0.863 bits per heavy atom. The largest absolute Gasteiger partial charge is 0.456 e. The van der Waals surface area contributed by atoms with Gasteiger partial charge in [0.15, 0.2) is 8.07 Å². The van der Waals surface area contributed by atoms with Crippen LogP contribution < -0.4 is 20.7 Å². The first kappa shape index (κ1) is 29.5. The van der Waals surface area contributed by atoms with Gasteiger partial charge in [-0.2, -0.15) is 0 Å². The summed E-state index contributed by atoms with van der Waals surface area (Å²) in [6.07, 6.45) is 3.75. The lowest BCUT2D eigenvalue weighted by atomic mass is 9.67. The molecule has 10 rings (SSSR count). The molecule has 0 fully saturated rings. The molecule has 51 heavy (non-hydrogen) atoms. The number of benzene rings is 6. The number of para-hydroxylation sites is 2. The molecule has 0 saturated heterocycles. The summed E-state index contributed by atoms with van der Waals surface area (Å²) in [4.78, 5) is 9.92. The van der Waals surface area contributed by atoms with Gasteiger partial charge in [-0.25, -0.2) is 0 Å². The van der Waals surface area contributed by atoms with Gasteiger partial charge in [0.2, 0.25) is 0 Å². The lowest BCUT2D eigenvalue weighted by Crippen LogP contribution is -2.74. The van der Waals surface area contributed by atoms with E-state index < -0.39 is 13.5 Å². The molecule has 6 aromatic carbocycles. The van der Waals surface area contributed by atoms with Crippen LogP contribution in [0.2, 0.25) is 0 Å². The number of furan rings is 1. The molecule has 0 spiro atoms. The molecule has 0 atom stereocenters. The molecule has 0 radical (unpaired) electrons. The van der Waals surface area contributed by atoms with Crippen molar-refractivity contribution in [3.63, 3.8) is 0 Å². The molecular formula is C47H32N2OSi. The Bertz CT molecular complexity index is 2540. The first-order valence-electron chi connectivity index (χ1n) is 17.4. The van der Waals surface area contributed by atoms with Gasteiger partial charge in [0.1, 0.15) is 11.2 Å². The summed E-state index contributed by atoms with van der Waals surface area (Å²) < 4.78 is 6.79. The maximum atomic E-state index is 6.79. The van der Waals surface area contributed by atoms with Gasteiger partial charge in [0, 0.05) is 28.7 Å². The smallest absolute Gasteiger partial charge is 0.179 e. The Balaban J connectivity index is 1.29. The van der Waals surface area contributed by atoms with Crippen molar-refractivity contribution in [1.82, 2.24) is 9.97 Å². The Morgan fingerprint density at radius 1 is 0.392 bits per heavy atom. The first-order chi connectivity index (χ1) is 25.3. The number of pyridine rings is 2. The molecule has 240 valence electrons. The molecule has 0 bridgehead atoms. The Hall–Kier alpha value is -6.36. The lowest BCUT2D eigenvalue weighted by Gasteiger charge is -2.36. The van der Waals surface area contributed by atoms with Crippen molar-refractivity contribution in [1.29, 1.82) is 0 Å². The monoisotopic (exact) mass is 668 g/mol. The Kier molecular flexibility index (Phi) is 6.73. The molecule has 3 nitrogen and oxygen atoms in total. The van der Waals surface area contributed by atoms with Crippen LogP contribution in [0.1, 0.15) is 22.3 Å². The second-order valence-corrected chi connectivity index (χ2v) is 17.1. The third-order valence-electron chi connectivity index (χ3n) is 10.8. The van der Waals surface area contributed by atoms with Gasteiger partial charge in [-0.3, -0.25) is 9.97 Å². The van der Waals surface area contributed by atoms with Gasteiger partial charge in [0.25, 0.3) is 0 Å². The maximum Gasteiger partial charge on any atom is 0.179 e. The van der Waals surface area contributed by atoms with E-state index in [1.807, 2.05) is 30.6 Å². The van der Waals surface area contributed by atoms with Crippen LogP contribution in [-0.2, 0) is 5.41 Å². The fraction of sp³-hybridized carbons (Fsp3) is 0.0213. The van der Waals surface area contributed by atoms with Crippen molar-refractivity contribution in [3.8, 4) is 11.4 Å². The molecule has 0 aliphatic heterocycles. The minimum absolute atomic E-state index is 0.713. The van der Waals surface area contributed by atoms with E-state index in [9.17, 15) is 0 Å². The van der Waals surface area contributed by atoms with Crippen LogP contribution >= 0.6 is 0 Å². The van der Waals surface area contributed by atoms with Crippen LogP contribution in [0.15, 0.2) is 199 Å². The summed E-state index contributed by atoms with van der Waals surface area (Å²) in [5.74, 6) is 0. The quantitative estimate of drug-likeness (QED) is 0.133. The number of fused-ring (bicyclic) bond motifs is 6. The summed E-state index contributed by atoms with van der Waals surface area (Å²) in [7, 11) is -2.72. The van der Waals surface area contributed by atoms with Crippen LogP contribution in [0.4, 0.5) is 0 Å². The second-order valence-electron chi connectivity index (χ2n) is 13.3. The molecule has 9 aromatic rings. The number of nitrogens with zero attached hydrogens (tertiary/aromatic N) is 2. The van der Waals surface area contributed by atoms with Crippen molar-refractivity contribution < 1.29 is 4.42 Å². The highest BCUT2D eigenvalue weighted by molar-refractivity contribution is 7.19. The molecule has 0 N–H and O–H groups in total. The zero-order valence-corrected chi connectivity index (χ0v) is 28.8. The van der Waals surface area contributed by atoms with Crippen LogP contribution in [0, 0.1) is 0 Å². The lowest BCUT2D eigenvalue weighted by molar-refractivity contribution is 0.648. The summed E-state index contributed by atoms with van der Waals surface area (Å²) in [5, 5.41) is 7.58. The first-order valence-corrected chi connectivity index (χ1v) is 19.4. The van der Waals surface area contributed by atoms with Crippen molar-refractivity contribution in [2.75, 3.05) is 0 Å². The van der Waals surface area contributed by atoms with Crippen molar-refractivity contribution in [2.45, 2.75) is 5.41 Å². The number of rotatable bonds is 6. The van der Waals surface area contributed by atoms with E-state index in [0.29, 0.717) is 0 Å². The summed E-state index contributed by atoms with van der Waals surface area (Å²) >= 11 is 0. The highest BCUT2D eigenvalue weighted by atomic mass is 28.3. The van der Waals surface area contributed by atoms with Crippen LogP contribution in [0.5, 0.6) is 0 Å². The van der Waals surface area contributed by atoms with Gasteiger partial charge in [-0.05, 0) is 55.6 Å². The number of hydrogen-bond acceptors (Lipinski definition) is 3. The van der Waals surface area contributed by atoms with Crippen molar-refractivity contribution in [2.24, 2.45) is 0 Å². The topological polar surface area (TPSA) is 38.9 Å². The minimum Gasteiger partial charge on any atom is -0.456 e. The molecule has 1 aliphatic rings. The molecule has 0 saturated carbocycles. The van der Waals surface area contributed by atoms with Crippen LogP contribution in [0.3, 0.4) is 0 Å². The highest BCUT2D eigenvalue weighted by Gasteiger charge is 2.50. The molecule has 1 aliphatic carbocycles. The maximum absolute atomic E-state index is 6.79. The molecule has 4 heteroatoms. The average molecular weight is 669 g/mol. The fourth-order valence-corrected chi connectivity index (χ4v) is 13.5. The standard InChI is InChI=1S/C47H32N2OSi/c1-4-15-34(16-5-1)51(35-17-6-2-7-18-35,36-19-8-3-9-20-36)37-29-27-33(28-30-37)47(40-24-13-31-48-44(40)45-41(47)25-14-32-49-45)42-23-12-22-39-38-21-10-11-26-43(38)50-46(39)42/h1-32H. The highest BCUT2D eigenvalue weighted by Crippen LogP contribution is 2.56. The zero-order valence-electron chi connectivity index (χ0n) is 27.8. The molecule has 3 heterocycles. The third-order valence-corrected chi connectivity index (χ3v) is 15.6. The van der Waals surface area contributed by atoms with E-state index in [-0.39, 0.29) is 0 Å². The zero-order chi connectivity index (χ0) is 33.8. The predicted octanol–water partition coefficient (Wildman–Crippen LogP) is 8.12. The average Bonchev–Trinajstić information content (AvgIpc) is 3.74. The molecular weight excluding hydrogens is 637 g/mol. The van der Waals surface area contributed by atoms with Gasteiger partial charge in [-0.15, -0.1) is 0 Å². The Labute approximate surface area is 297 Å².